The number of thioether (sulfide) groups is 1. The Morgan fingerprint density at radius 3 is 2.63 bits per heavy atom. The number of aromatic amines is 1. The highest BCUT2D eigenvalue weighted by molar-refractivity contribution is 7.99. The number of nitrogens with zero attached hydrogens (tertiary/aromatic N) is 1. The second-order valence-electron chi connectivity index (χ2n) is 4.52. The maximum absolute atomic E-state index is 11.3. The van der Waals surface area contributed by atoms with E-state index in [0.29, 0.717) is 10.9 Å². The fourth-order valence-electron chi connectivity index (χ4n) is 1.70. The Hall–Kier alpha value is -1.59. The van der Waals surface area contributed by atoms with Gasteiger partial charge in [0.05, 0.1) is 0 Å². The largest absolute Gasteiger partial charge is 0.323 e. The van der Waals surface area contributed by atoms with E-state index in [9.17, 15) is 4.79 Å². The molecule has 1 aromatic heterocycles. The first-order chi connectivity index (χ1) is 9.04. The molecule has 1 aromatic carbocycles. The molecule has 0 saturated carbocycles. The minimum Gasteiger partial charge on any atom is -0.323 e. The van der Waals surface area contributed by atoms with Gasteiger partial charge in [0.1, 0.15) is 0 Å². The zero-order chi connectivity index (χ0) is 13.8. The average Bonchev–Trinajstić information content (AvgIpc) is 2.36. The molecular formula is C14H17N3OS. The van der Waals surface area contributed by atoms with Crippen LogP contribution in [0.25, 0.3) is 0 Å². The van der Waals surface area contributed by atoms with Crippen molar-refractivity contribution in [3.05, 3.63) is 57.5 Å². The first kappa shape index (κ1) is 13.8. The number of nitrogens with one attached hydrogen (secondary N) is 1. The van der Waals surface area contributed by atoms with Crippen LogP contribution in [0.3, 0.4) is 0 Å². The fraction of sp³-hybridized carbons (Fsp3) is 0.286. The molecule has 0 aliphatic rings. The van der Waals surface area contributed by atoms with E-state index in [2.05, 4.69) is 9.97 Å². The van der Waals surface area contributed by atoms with Crippen molar-refractivity contribution in [2.45, 2.75) is 25.0 Å². The predicted molar refractivity (Wildman–Crippen MR) is 78.4 cm³/mol. The average molecular weight is 275 g/mol. The van der Waals surface area contributed by atoms with E-state index < -0.39 is 0 Å². The summed E-state index contributed by atoms with van der Waals surface area (Å²) in [7, 11) is 0. The van der Waals surface area contributed by atoms with E-state index in [0.717, 1.165) is 11.3 Å². The molecule has 4 nitrogen and oxygen atoms in total. The summed E-state index contributed by atoms with van der Waals surface area (Å²) in [4.78, 5) is 18.3. The van der Waals surface area contributed by atoms with Gasteiger partial charge in [0.15, 0.2) is 5.16 Å². The van der Waals surface area contributed by atoms with E-state index in [-0.39, 0.29) is 11.6 Å². The molecule has 0 aliphatic heterocycles. The third-order valence-electron chi connectivity index (χ3n) is 2.75. The maximum atomic E-state index is 11.3. The predicted octanol–water partition coefficient (Wildman–Crippen LogP) is 2.18. The van der Waals surface area contributed by atoms with Gasteiger partial charge in [-0.3, -0.25) is 4.79 Å². The second kappa shape index (κ2) is 6.04. The molecule has 0 aliphatic carbocycles. The number of aromatic nitrogens is 2. The van der Waals surface area contributed by atoms with Crippen LogP contribution in [0.15, 0.2) is 40.3 Å². The van der Waals surface area contributed by atoms with Crippen LogP contribution in [-0.2, 0) is 0 Å². The topological polar surface area (TPSA) is 71.8 Å². The first-order valence-corrected chi connectivity index (χ1v) is 7.06. The summed E-state index contributed by atoms with van der Waals surface area (Å²) < 4.78 is 0. The van der Waals surface area contributed by atoms with Crippen LogP contribution in [0.2, 0.25) is 0 Å². The minimum atomic E-state index is -0.126. The summed E-state index contributed by atoms with van der Waals surface area (Å²) in [6.07, 6.45) is 0. The van der Waals surface area contributed by atoms with Crippen molar-refractivity contribution < 1.29 is 0 Å². The normalized spacial score (nSPS) is 12.4. The van der Waals surface area contributed by atoms with Crippen molar-refractivity contribution in [3.8, 4) is 0 Å². The van der Waals surface area contributed by atoms with Gasteiger partial charge in [0.25, 0.3) is 5.56 Å². The Labute approximate surface area is 116 Å². The van der Waals surface area contributed by atoms with Gasteiger partial charge in [-0.2, -0.15) is 0 Å². The Bertz CT molecular complexity index is 607. The fourth-order valence-corrected chi connectivity index (χ4v) is 2.61. The van der Waals surface area contributed by atoms with Gasteiger partial charge in [-0.15, -0.1) is 0 Å². The highest BCUT2D eigenvalue weighted by Gasteiger charge is 2.08. The second-order valence-corrected chi connectivity index (χ2v) is 5.53. The lowest BCUT2D eigenvalue weighted by Gasteiger charge is -2.11. The summed E-state index contributed by atoms with van der Waals surface area (Å²) >= 11 is 1.46. The molecule has 0 saturated heterocycles. The zero-order valence-corrected chi connectivity index (χ0v) is 11.8. The highest BCUT2D eigenvalue weighted by Crippen LogP contribution is 2.20. The number of nitrogens with two attached hydrogens (primary N) is 1. The number of benzene rings is 1. The van der Waals surface area contributed by atoms with Crippen molar-refractivity contribution in [2.75, 3.05) is 5.75 Å². The van der Waals surface area contributed by atoms with Crippen LogP contribution >= 0.6 is 11.8 Å². The Kier molecular flexibility index (Phi) is 4.39. The molecule has 100 valence electrons. The third kappa shape index (κ3) is 3.94. The number of hydrogen-bond donors (Lipinski definition) is 2. The monoisotopic (exact) mass is 275 g/mol. The Morgan fingerprint density at radius 2 is 2.00 bits per heavy atom. The molecule has 2 aromatic rings. The maximum Gasteiger partial charge on any atom is 0.251 e. The summed E-state index contributed by atoms with van der Waals surface area (Å²) in [5, 5.41) is 0.618. The Balaban J connectivity index is 2.01. The first-order valence-electron chi connectivity index (χ1n) is 6.07. The van der Waals surface area contributed by atoms with Crippen LogP contribution in [-0.4, -0.2) is 15.7 Å². The lowest BCUT2D eigenvalue weighted by atomic mass is 10.1. The van der Waals surface area contributed by atoms with Crippen molar-refractivity contribution >= 4 is 11.8 Å². The van der Waals surface area contributed by atoms with Crippen molar-refractivity contribution in [2.24, 2.45) is 5.73 Å². The molecule has 1 atom stereocenters. The van der Waals surface area contributed by atoms with Crippen LogP contribution < -0.4 is 11.3 Å². The molecular weight excluding hydrogens is 258 g/mol. The van der Waals surface area contributed by atoms with E-state index in [1.54, 1.807) is 6.92 Å². The van der Waals surface area contributed by atoms with Gasteiger partial charge in [0, 0.05) is 23.6 Å². The quantitative estimate of drug-likeness (QED) is 0.662. The third-order valence-corrected chi connectivity index (χ3v) is 3.75. The zero-order valence-electron chi connectivity index (χ0n) is 11.0. The van der Waals surface area contributed by atoms with E-state index in [4.69, 9.17) is 5.73 Å². The summed E-state index contributed by atoms with van der Waals surface area (Å²) in [6, 6.07) is 9.57. The smallest absolute Gasteiger partial charge is 0.251 e. The molecule has 0 bridgehead atoms. The minimum absolute atomic E-state index is 0.0728. The number of hydrogen-bond acceptors (Lipinski definition) is 4. The van der Waals surface area contributed by atoms with Gasteiger partial charge in [0.2, 0.25) is 0 Å². The SMILES string of the molecule is Cc1ccc(C(N)CSc2nc(C)cc(=O)[nH]2)cc1. The molecule has 19 heavy (non-hydrogen) atoms. The standard InChI is InChI=1S/C14H17N3OS/c1-9-3-5-11(6-4-9)12(15)8-19-14-16-10(2)7-13(18)17-14/h3-7,12H,8,15H2,1-2H3,(H,16,17,18). The lowest BCUT2D eigenvalue weighted by molar-refractivity contribution is 0.823. The number of H-pyrrole nitrogens is 1. The summed E-state index contributed by atoms with van der Waals surface area (Å²) in [5.74, 6) is 0.676. The van der Waals surface area contributed by atoms with Gasteiger partial charge in [-0.1, -0.05) is 41.6 Å². The van der Waals surface area contributed by atoms with Gasteiger partial charge >= 0.3 is 0 Å². The molecule has 0 radical (unpaired) electrons. The van der Waals surface area contributed by atoms with E-state index >= 15 is 0 Å². The Morgan fingerprint density at radius 1 is 1.32 bits per heavy atom. The number of rotatable bonds is 4. The van der Waals surface area contributed by atoms with Crippen LogP contribution in [0.5, 0.6) is 0 Å². The van der Waals surface area contributed by atoms with Crippen molar-refractivity contribution in [3.63, 3.8) is 0 Å². The molecule has 5 heteroatoms. The molecule has 0 amide bonds. The van der Waals surface area contributed by atoms with Crippen LogP contribution in [0.4, 0.5) is 0 Å². The molecule has 0 fully saturated rings. The summed E-state index contributed by atoms with van der Waals surface area (Å²) in [6.45, 7) is 3.85. The highest BCUT2D eigenvalue weighted by atomic mass is 32.2. The van der Waals surface area contributed by atoms with E-state index in [1.165, 1.54) is 23.4 Å². The van der Waals surface area contributed by atoms with Crippen molar-refractivity contribution in [1.29, 1.82) is 0 Å². The molecule has 2 rings (SSSR count). The van der Waals surface area contributed by atoms with Crippen LogP contribution in [0.1, 0.15) is 22.9 Å². The molecule has 3 N–H and O–H groups in total. The van der Waals surface area contributed by atoms with Crippen molar-refractivity contribution in [1.82, 2.24) is 9.97 Å². The van der Waals surface area contributed by atoms with Gasteiger partial charge < -0.3 is 10.7 Å². The van der Waals surface area contributed by atoms with Gasteiger partial charge in [-0.05, 0) is 19.4 Å². The molecule has 0 spiro atoms. The number of aryl methyl sites for hydroxylation is 2. The lowest BCUT2D eigenvalue weighted by Crippen LogP contribution is -2.14. The van der Waals surface area contributed by atoms with Crippen LogP contribution in [0, 0.1) is 13.8 Å². The van der Waals surface area contributed by atoms with Gasteiger partial charge in [-0.25, -0.2) is 4.98 Å². The molecule has 1 heterocycles. The molecule has 1 unspecified atom stereocenters. The van der Waals surface area contributed by atoms with E-state index in [1.807, 2.05) is 31.2 Å². The summed E-state index contributed by atoms with van der Waals surface area (Å²) in [5.41, 5.74) is 9.03.